The van der Waals surface area contributed by atoms with Crippen LogP contribution in [0.25, 0.3) is 16.7 Å². The number of aromatic nitrogens is 2. The number of nitrogens with zero attached hydrogens (tertiary/aromatic N) is 4. The number of piperidine rings is 1. The van der Waals surface area contributed by atoms with Crippen LogP contribution in [0.5, 0.6) is 0 Å². The minimum absolute atomic E-state index is 0.764. The summed E-state index contributed by atoms with van der Waals surface area (Å²) in [4.78, 5) is 7.37. The summed E-state index contributed by atoms with van der Waals surface area (Å²) in [6.07, 6.45) is 7.16. The molecule has 1 aliphatic heterocycles. The molecule has 0 radical (unpaired) electrons. The molecule has 0 atom stereocenters. The number of pyridine rings is 1. The second-order valence-electron chi connectivity index (χ2n) is 7.73. The van der Waals surface area contributed by atoms with Crippen molar-refractivity contribution in [3.05, 3.63) is 41.0 Å². The Morgan fingerprint density at radius 3 is 2.70 bits per heavy atom. The van der Waals surface area contributed by atoms with Crippen molar-refractivity contribution < 1.29 is 0 Å². The summed E-state index contributed by atoms with van der Waals surface area (Å²) in [6, 6.07) is 10.6. The van der Waals surface area contributed by atoms with Gasteiger partial charge in [0.05, 0.1) is 16.6 Å². The van der Waals surface area contributed by atoms with E-state index in [1.54, 1.807) is 0 Å². The standard InChI is InChI=1S/C22H25N5/c23-15-18-16-7-6-8-17(16)21(24-11-14-26-12-4-1-5-13-26)27-20-10-3-2-9-19(20)25-22(18)27/h2-3,9-10,24H,1,4-8,11-14H2. The number of anilines is 1. The number of hydrogen-bond acceptors (Lipinski definition) is 4. The molecular formula is C22H25N5. The van der Waals surface area contributed by atoms with Gasteiger partial charge in [-0.05, 0) is 68.5 Å². The monoisotopic (exact) mass is 359 g/mol. The molecule has 3 heterocycles. The quantitative estimate of drug-likeness (QED) is 0.771. The number of imidazole rings is 1. The third-order valence-electron chi connectivity index (χ3n) is 6.09. The molecule has 1 aromatic carbocycles. The van der Waals surface area contributed by atoms with E-state index in [9.17, 15) is 5.26 Å². The van der Waals surface area contributed by atoms with E-state index in [1.807, 2.05) is 18.2 Å². The van der Waals surface area contributed by atoms with Crippen LogP contribution in [-0.4, -0.2) is 40.5 Å². The van der Waals surface area contributed by atoms with Crippen molar-refractivity contribution in [1.29, 1.82) is 5.26 Å². The third kappa shape index (κ3) is 2.76. The van der Waals surface area contributed by atoms with Crippen LogP contribution < -0.4 is 5.32 Å². The van der Waals surface area contributed by atoms with Crippen LogP contribution in [0.4, 0.5) is 5.82 Å². The Morgan fingerprint density at radius 2 is 1.85 bits per heavy atom. The van der Waals surface area contributed by atoms with E-state index in [0.29, 0.717) is 0 Å². The Kier molecular flexibility index (Phi) is 4.21. The first-order chi connectivity index (χ1) is 13.4. The van der Waals surface area contributed by atoms with Gasteiger partial charge < -0.3 is 10.2 Å². The average molecular weight is 359 g/mol. The lowest BCUT2D eigenvalue weighted by Crippen LogP contribution is -2.34. The number of nitrogens with one attached hydrogen (secondary N) is 1. The molecule has 2 aromatic heterocycles. The molecule has 0 amide bonds. The Bertz CT molecular complexity index is 1040. The second kappa shape index (κ2) is 6.86. The highest BCUT2D eigenvalue weighted by atomic mass is 15.2. The lowest BCUT2D eigenvalue weighted by molar-refractivity contribution is 0.237. The zero-order valence-corrected chi connectivity index (χ0v) is 15.7. The van der Waals surface area contributed by atoms with Gasteiger partial charge in [0.1, 0.15) is 11.9 Å². The van der Waals surface area contributed by atoms with Gasteiger partial charge in [0, 0.05) is 13.1 Å². The molecule has 1 fully saturated rings. The molecule has 0 bridgehead atoms. The highest BCUT2D eigenvalue weighted by Crippen LogP contribution is 2.36. The number of likely N-dealkylation sites (tertiary alicyclic amines) is 1. The molecule has 138 valence electrons. The van der Waals surface area contributed by atoms with Crippen molar-refractivity contribution in [3.8, 4) is 6.07 Å². The number of fused-ring (bicyclic) bond motifs is 4. The zero-order valence-electron chi connectivity index (χ0n) is 15.7. The highest BCUT2D eigenvalue weighted by molar-refractivity contribution is 5.86. The molecule has 3 aromatic rings. The molecule has 0 saturated carbocycles. The SMILES string of the molecule is N#Cc1c2c(c(NCCN3CCCCC3)n3c1nc1ccccc13)CCC2. The Morgan fingerprint density at radius 1 is 1.04 bits per heavy atom. The largest absolute Gasteiger partial charge is 0.370 e. The van der Waals surface area contributed by atoms with Crippen LogP contribution >= 0.6 is 0 Å². The van der Waals surface area contributed by atoms with E-state index in [1.165, 1.54) is 43.5 Å². The van der Waals surface area contributed by atoms with E-state index < -0.39 is 0 Å². The summed E-state index contributed by atoms with van der Waals surface area (Å²) >= 11 is 0. The maximum atomic E-state index is 9.83. The molecule has 5 nitrogen and oxygen atoms in total. The van der Waals surface area contributed by atoms with Crippen LogP contribution in [0.15, 0.2) is 24.3 Å². The summed E-state index contributed by atoms with van der Waals surface area (Å²) in [5.41, 5.74) is 6.14. The van der Waals surface area contributed by atoms with Gasteiger partial charge in [0.25, 0.3) is 0 Å². The molecule has 0 spiro atoms. The van der Waals surface area contributed by atoms with Gasteiger partial charge in [0.15, 0.2) is 5.65 Å². The fourth-order valence-electron chi connectivity index (χ4n) is 4.79. The first-order valence-electron chi connectivity index (χ1n) is 10.2. The predicted molar refractivity (Wildman–Crippen MR) is 108 cm³/mol. The Hall–Kier alpha value is -2.58. The van der Waals surface area contributed by atoms with Crippen LogP contribution in [0.2, 0.25) is 0 Å². The van der Waals surface area contributed by atoms with Crippen LogP contribution in [0, 0.1) is 11.3 Å². The molecular weight excluding hydrogens is 334 g/mol. The maximum Gasteiger partial charge on any atom is 0.157 e. The first kappa shape index (κ1) is 16.6. The minimum atomic E-state index is 0.764. The van der Waals surface area contributed by atoms with Crippen molar-refractivity contribution in [2.75, 3.05) is 31.5 Å². The van der Waals surface area contributed by atoms with Gasteiger partial charge in [0.2, 0.25) is 0 Å². The number of rotatable bonds is 4. The van der Waals surface area contributed by atoms with Crippen molar-refractivity contribution >= 4 is 22.5 Å². The van der Waals surface area contributed by atoms with Gasteiger partial charge in [-0.2, -0.15) is 5.26 Å². The van der Waals surface area contributed by atoms with Gasteiger partial charge >= 0.3 is 0 Å². The second-order valence-corrected chi connectivity index (χ2v) is 7.73. The predicted octanol–water partition coefficient (Wildman–Crippen LogP) is 3.75. The van der Waals surface area contributed by atoms with Crippen LogP contribution in [0.1, 0.15) is 42.4 Å². The van der Waals surface area contributed by atoms with Crippen molar-refractivity contribution in [3.63, 3.8) is 0 Å². The minimum Gasteiger partial charge on any atom is -0.370 e. The first-order valence-corrected chi connectivity index (χ1v) is 10.2. The number of hydrogen-bond donors (Lipinski definition) is 1. The average Bonchev–Trinajstić information content (AvgIpc) is 3.33. The number of benzene rings is 1. The van der Waals surface area contributed by atoms with E-state index in [4.69, 9.17) is 4.98 Å². The van der Waals surface area contributed by atoms with E-state index >= 15 is 0 Å². The van der Waals surface area contributed by atoms with Crippen molar-refractivity contribution in [2.45, 2.75) is 38.5 Å². The Balaban J connectivity index is 1.58. The topological polar surface area (TPSA) is 56.4 Å². The lowest BCUT2D eigenvalue weighted by Gasteiger charge is -2.27. The normalized spacial score (nSPS) is 17.3. The van der Waals surface area contributed by atoms with Gasteiger partial charge in [-0.15, -0.1) is 0 Å². The molecule has 0 unspecified atom stereocenters. The van der Waals surface area contributed by atoms with Gasteiger partial charge in [-0.3, -0.25) is 4.40 Å². The lowest BCUT2D eigenvalue weighted by atomic mass is 10.1. The molecule has 1 saturated heterocycles. The summed E-state index contributed by atoms with van der Waals surface area (Å²) in [5, 5.41) is 13.6. The van der Waals surface area contributed by atoms with Crippen molar-refractivity contribution in [2.24, 2.45) is 0 Å². The van der Waals surface area contributed by atoms with E-state index in [2.05, 4.69) is 26.8 Å². The summed E-state index contributed by atoms with van der Waals surface area (Å²) < 4.78 is 2.19. The molecule has 1 aliphatic carbocycles. The molecule has 27 heavy (non-hydrogen) atoms. The molecule has 1 N–H and O–H groups in total. The Labute approximate surface area is 159 Å². The zero-order chi connectivity index (χ0) is 18.2. The molecule has 5 rings (SSSR count). The molecule has 5 heteroatoms. The van der Waals surface area contributed by atoms with E-state index in [0.717, 1.165) is 60.4 Å². The summed E-state index contributed by atoms with van der Waals surface area (Å²) in [5.74, 6) is 1.15. The third-order valence-corrected chi connectivity index (χ3v) is 6.09. The van der Waals surface area contributed by atoms with Gasteiger partial charge in [-0.25, -0.2) is 4.98 Å². The smallest absolute Gasteiger partial charge is 0.157 e. The maximum absolute atomic E-state index is 9.83. The fourth-order valence-corrected chi connectivity index (χ4v) is 4.79. The van der Waals surface area contributed by atoms with E-state index in [-0.39, 0.29) is 0 Å². The highest BCUT2D eigenvalue weighted by Gasteiger charge is 2.25. The fraction of sp³-hybridized carbons (Fsp3) is 0.455. The summed E-state index contributed by atoms with van der Waals surface area (Å²) in [7, 11) is 0. The van der Waals surface area contributed by atoms with Crippen LogP contribution in [0.3, 0.4) is 0 Å². The number of nitriles is 1. The molecule has 2 aliphatic rings. The van der Waals surface area contributed by atoms with Crippen LogP contribution in [-0.2, 0) is 12.8 Å². The number of para-hydroxylation sites is 2. The van der Waals surface area contributed by atoms with Gasteiger partial charge in [-0.1, -0.05) is 18.6 Å². The summed E-state index contributed by atoms with van der Waals surface area (Å²) in [6.45, 7) is 4.44. The van der Waals surface area contributed by atoms with Crippen molar-refractivity contribution in [1.82, 2.24) is 14.3 Å².